The standard InChI is InChI=1S/C15H19Br2N3/c1-2-20-14(18-12-19-20)9-15(10-16,11-17)8-13-6-4-3-5-7-13/h3-7,12H,2,8-11H2,1H3. The van der Waals surface area contributed by atoms with Gasteiger partial charge in [0, 0.05) is 29.0 Å². The highest BCUT2D eigenvalue weighted by molar-refractivity contribution is 9.09. The summed E-state index contributed by atoms with van der Waals surface area (Å²) in [7, 11) is 0. The molecule has 1 aromatic heterocycles. The normalized spacial score (nSPS) is 11.8. The van der Waals surface area contributed by atoms with Crippen LogP contribution in [0, 0.1) is 5.41 Å². The number of aryl methyl sites for hydroxylation is 1. The van der Waals surface area contributed by atoms with Crippen LogP contribution >= 0.6 is 31.9 Å². The summed E-state index contributed by atoms with van der Waals surface area (Å²) in [6, 6.07) is 10.6. The van der Waals surface area contributed by atoms with E-state index in [0.717, 1.165) is 35.9 Å². The second kappa shape index (κ2) is 7.36. The van der Waals surface area contributed by atoms with Gasteiger partial charge in [-0.1, -0.05) is 62.2 Å². The van der Waals surface area contributed by atoms with E-state index in [2.05, 4.69) is 79.2 Å². The minimum absolute atomic E-state index is 0.112. The lowest BCUT2D eigenvalue weighted by Gasteiger charge is -2.30. The van der Waals surface area contributed by atoms with Crippen molar-refractivity contribution in [2.24, 2.45) is 5.41 Å². The molecule has 0 saturated carbocycles. The van der Waals surface area contributed by atoms with E-state index in [1.54, 1.807) is 6.33 Å². The van der Waals surface area contributed by atoms with Gasteiger partial charge in [0.15, 0.2) is 0 Å². The highest BCUT2D eigenvalue weighted by Gasteiger charge is 2.30. The number of nitrogens with zero attached hydrogens (tertiary/aromatic N) is 3. The molecular weight excluding hydrogens is 382 g/mol. The monoisotopic (exact) mass is 399 g/mol. The van der Waals surface area contributed by atoms with Gasteiger partial charge in [0.1, 0.15) is 12.2 Å². The molecule has 0 bridgehead atoms. The van der Waals surface area contributed by atoms with Crippen molar-refractivity contribution in [1.82, 2.24) is 14.8 Å². The average molecular weight is 401 g/mol. The Kier molecular flexibility index (Phi) is 5.78. The molecule has 1 aromatic carbocycles. The largest absolute Gasteiger partial charge is 0.250 e. The van der Waals surface area contributed by atoms with Gasteiger partial charge in [-0.15, -0.1) is 0 Å². The summed E-state index contributed by atoms with van der Waals surface area (Å²) >= 11 is 7.39. The zero-order valence-corrected chi connectivity index (χ0v) is 14.8. The number of hydrogen-bond donors (Lipinski definition) is 0. The zero-order valence-electron chi connectivity index (χ0n) is 11.6. The summed E-state index contributed by atoms with van der Waals surface area (Å²) in [6.45, 7) is 2.96. The number of aromatic nitrogens is 3. The van der Waals surface area contributed by atoms with Crippen molar-refractivity contribution in [3.63, 3.8) is 0 Å². The third-order valence-electron chi connectivity index (χ3n) is 3.52. The summed E-state index contributed by atoms with van der Waals surface area (Å²) in [6.07, 6.45) is 3.57. The molecule has 0 N–H and O–H groups in total. The summed E-state index contributed by atoms with van der Waals surface area (Å²) in [5.41, 5.74) is 1.47. The lowest BCUT2D eigenvalue weighted by molar-refractivity contribution is 0.366. The van der Waals surface area contributed by atoms with Gasteiger partial charge in [-0.25, -0.2) is 4.98 Å². The van der Waals surface area contributed by atoms with E-state index in [1.165, 1.54) is 5.56 Å². The van der Waals surface area contributed by atoms with Crippen LogP contribution in [0.5, 0.6) is 0 Å². The van der Waals surface area contributed by atoms with Crippen molar-refractivity contribution in [3.8, 4) is 0 Å². The molecule has 3 nitrogen and oxygen atoms in total. The Labute approximate surface area is 137 Å². The minimum atomic E-state index is 0.112. The van der Waals surface area contributed by atoms with Gasteiger partial charge in [-0.3, -0.25) is 4.68 Å². The van der Waals surface area contributed by atoms with E-state index in [9.17, 15) is 0 Å². The van der Waals surface area contributed by atoms with Gasteiger partial charge < -0.3 is 0 Å². The third kappa shape index (κ3) is 3.70. The number of hydrogen-bond acceptors (Lipinski definition) is 2. The number of halogens is 2. The van der Waals surface area contributed by atoms with E-state index in [-0.39, 0.29) is 5.41 Å². The molecule has 2 rings (SSSR count). The smallest absolute Gasteiger partial charge is 0.138 e. The Morgan fingerprint density at radius 1 is 1.10 bits per heavy atom. The van der Waals surface area contributed by atoms with E-state index in [1.807, 2.05) is 4.68 Å². The molecule has 0 aliphatic carbocycles. The molecule has 0 fully saturated rings. The Balaban J connectivity index is 2.21. The predicted octanol–water partition coefficient (Wildman–Crippen LogP) is 3.86. The number of benzene rings is 1. The van der Waals surface area contributed by atoms with Crippen LogP contribution in [0.2, 0.25) is 0 Å². The highest BCUT2D eigenvalue weighted by Crippen LogP contribution is 2.31. The van der Waals surface area contributed by atoms with Gasteiger partial charge in [-0.2, -0.15) is 5.10 Å². The van der Waals surface area contributed by atoms with Crippen LogP contribution in [0.3, 0.4) is 0 Å². The maximum Gasteiger partial charge on any atom is 0.138 e. The van der Waals surface area contributed by atoms with E-state index in [0.29, 0.717) is 0 Å². The van der Waals surface area contributed by atoms with Gasteiger partial charge in [-0.05, 0) is 18.9 Å². The predicted molar refractivity (Wildman–Crippen MR) is 89.6 cm³/mol. The lowest BCUT2D eigenvalue weighted by Crippen LogP contribution is -2.32. The fraction of sp³-hybridized carbons (Fsp3) is 0.467. The Morgan fingerprint density at radius 3 is 2.40 bits per heavy atom. The van der Waals surface area contributed by atoms with Crippen LogP contribution in [0.4, 0.5) is 0 Å². The highest BCUT2D eigenvalue weighted by atomic mass is 79.9. The van der Waals surface area contributed by atoms with Crippen molar-refractivity contribution in [2.75, 3.05) is 10.7 Å². The molecule has 0 atom stereocenters. The molecule has 0 aliphatic rings. The van der Waals surface area contributed by atoms with Gasteiger partial charge >= 0.3 is 0 Å². The molecule has 20 heavy (non-hydrogen) atoms. The lowest BCUT2D eigenvalue weighted by atomic mass is 9.82. The maximum absolute atomic E-state index is 4.42. The first kappa shape index (κ1) is 15.7. The molecule has 5 heteroatoms. The SMILES string of the molecule is CCn1ncnc1CC(CBr)(CBr)Cc1ccccc1. The Morgan fingerprint density at radius 2 is 1.80 bits per heavy atom. The summed E-state index contributed by atoms with van der Waals surface area (Å²) < 4.78 is 1.98. The second-order valence-electron chi connectivity index (χ2n) is 5.10. The molecule has 0 aliphatic heterocycles. The Hall–Kier alpha value is -0.680. The van der Waals surface area contributed by atoms with Crippen LogP contribution in [-0.4, -0.2) is 25.4 Å². The number of rotatable bonds is 7. The first-order valence-electron chi connectivity index (χ1n) is 6.75. The van der Waals surface area contributed by atoms with E-state index < -0.39 is 0 Å². The van der Waals surface area contributed by atoms with Crippen LogP contribution in [0.25, 0.3) is 0 Å². The van der Waals surface area contributed by atoms with E-state index >= 15 is 0 Å². The van der Waals surface area contributed by atoms with Crippen molar-refractivity contribution in [1.29, 1.82) is 0 Å². The third-order valence-corrected chi connectivity index (χ3v) is 5.90. The molecule has 0 amide bonds. The van der Waals surface area contributed by atoms with Gasteiger partial charge in [0.05, 0.1) is 0 Å². The summed E-state index contributed by atoms with van der Waals surface area (Å²) in [5.74, 6) is 1.06. The van der Waals surface area contributed by atoms with Gasteiger partial charge in [0.2, 0.25) is 0 Å². The molecule has 0 saturated heterocycles. The molecule has 2 aromatic rings. The molecule has 108 valence electrons. The van der Waals surface area contributed by atoms with Crippen molar-refractivity contribution >= 4 is 31.9 Å². The quantitative estimate of drug-likeness (QED) is 0.660. The zero-order chi connectivity index (χ0) is 14.4. The van der Waals surface area contributed by atoms with Crippen LogP contribution in [-0.2, 0) is 19.4 Å². The molecule has 0 spiro atoms. The topological polar surface area (TPSA) is 30.7 Å². The fourth-order valence-corrected chi connectivity index (χ4v) is 4.06. The summed E-state index contributed by atoms with van der Waals surface area (Å²) in [5, 5.41) is 6.12. The van der Waals surface area contributed by atoms with Crippen molar-refractivity contribution in [3.05, 3.63) is 48.0 Å². The van der Waals surface area contributed by atoms with Crippen LogP contribution in [0.1, 0.15) is 18.3 Å². The maximum atomic E-state index is 4.42. The molecular formula is C15H19Br2N3. The average Bonchev–Trinajstić information content (AvgIpc) is 2.94. The van der Waals surface area contributed by atoms with Crippen LogP contribution < -0.4 is 0 Å². The first-order chi connectivity index (χ1) is 9.73. The van der Waals surface area contributed by atoms with E-state index in [4.69, 9.17) is 0 Å². The van der Waals surface area contributed by atoms with Crippen molar-refractivity contribution in [2.45, 2.75) is 26.3 Å². The molecule has 0 radical (unpaired) electrons. The minimum Gasteiger partial charge on any atom is -0.250 e. The van der Waals surface area contributed by atoms with Crippen LogP contribution in [0.15, 0.2) is 36.7 Å². The molecule has 1 heterocycles. The second-order valence-corrected chi connectivity index (χ2v) is 6.22. The summed E-state index contributed by atoms with van der Waals surface area (Å²) in [4.78, 5) is 4.42. The first-order valence-corrected chi connectivity index (χ1v) is 9.00. The van der Waals surface area contributed by atoms with Gasteiger partial charge in [0.25, 0.3) is 0 Å². The Bertz CT molecular complexity index is 521. The molecule has 0 unspecified atom stereocenters. The number of alkyl halides is 2. The van der Waals surface area contributed by atoms with Crippen molar-refractivity contribution < 1.29 is 0 Å². The fourth-order valence-electron chi connectivity index (χ4n) is 2.34.